The second-order valence-electron chi connectivity index (χ2n) is 14.4. The summed E-state index contributed by atoms with van der Waals surface area (Å²) >= 11 is 0. The fourth-order valence-electron chi connectivity index (χ4n) is 7.51. The van der Waals surface area contributed by atoms with Crippen molar-refractivity contribution in [1.82, 2.24) is 14.9 Å². The molecule has 4 bridgehead atoms. The van der Waals surface area contributed by atoms with Gasteiger partial charge in [0, 0.05) is 28.8 Å². The molecule has 10 heteroatoms. The summed E-state index contributed by atoms with van der Waals surface area (Å²) in [5, 5.41) is 0. The maximum absolute atomic E-state index is 14.4. The zero-order chi connectivity index (χ0) is 31.6. The zero-order valence-corrected chi connectivity index (χ0v) is 27.3. The van der Waals surface area contributed by atoms with Crippen LogP contribution in [-0.2, 0) is 10.0 Å². The fraction of sp³-hybridized carbons (Fsp3) is 0.500. The minimum atomic E-state index is -4.12. The van der Waals surface area contributed by atoms with Crippen LogP contribution in [0.25, 0.3) is 11.3 Å². The van der Waals surface area contributed by atoms with Gasteiger partial charge in [0.15, 0.2) is 0 Å². The van der Waals surface area contributed by atoms with Crippen LogP contribution in [0, 0.1) is 31.6 Å². The quantitative estimate of drug-likeness (QED) is 0.381. The van der Waals surface area contributed by atoms with Gasteiger partial charge in [0.05, 0.1) is 16.6 Å². The second kappa shape index (κ2) is 10.8. The van der Waals surface area contributed by atoms with Crippen molar-refractivity contribution in [1.29, 1.82) is 0 Å². The third kappa shape index (κ3) is 5.70. The molecule has 44 heavy (non-hydrogen) atoms. The normalized spacial score (nSPS) is 26.3. The van der Waals surface area contributed by atoms with Gasteiger partial charge in [-0.1, -0.05) is 45.0 Å². The molecule has 2 fully saturated rings. The molecule has 2 saturated carbocycles. The number of nitrogens with one attached hydrogen (secondary N) is 1. The predicted molar refractivity (Wildman–Crippen MR) is 171 cm³/mol. The summed E-state index contributed by atoms with van der Waals surface area (Å²) in [7, 11) is -4.12. The summed E-state index contributed by atoms with van der Waals surface area (Å²) in [6.45, 7) is 12.6. The zero-order valence-electron chi connectivity index (χ0n) is 26.5. The molecule has 3 aliphatic rings. The number of nitrogens with zero attached hydrogens (tertiary/aromatic N) is 3. The molecule has 0 radical (unpaired) electrons. The van der Waals surface area contributed by atoms with Crippen molar-refractivity contribution >= 4 is 21.9 Å². The first kappa shape index (κ1) is 30.5. The standard InChI is InChI=1S/C34H43N5O4S/c1-20-9-7-10-21(2)28(20)29-22(3)30-37-32(36-29)38-44(41,42)27-12-8-11-23(13-27)31(40)39(26(19-43-30)16-33(4,5)6)25-17-34(18-25)14-24(35)15-34/h7-13,24-26H,14-19,35H2,1-6H3,(H,36,37,38)/t24?,25?,26-,34?/m1/s1. The number of sulfonamides is 1. The van der Waals surface area contributed by atoms with E-state index < -0.39 is 10.0 Å². The molecule has 1 atom stereocenters. The summed E-state index contributed by atoms with van der Waals surface area (Å²) < 4.78 is 36.4. The molecule has 1 amide bonds. The third-order valence-corrected chi connectivity index (χ3v) is 10.8. The van der Waals surface area contributed by atoms with Gasteiger partial charge in [0.1, 0.15) is 6.61 Å². The largest absolute Gasteiger partial charge is 0.475 e. The van der Waals surface area contributed by atoms with E-state index in [4.69, 9.17) is 15.5 Å². The maximum Gasteiger partial charge on any atom is 0.264 e. The number of carbonyl (C=O) groups excluding carboxylic acids is 1. The Balaban J connectivity index is 1.50. The van der Waals surface area contributed by atoms with Crippen LogP contribution in [0.1, 0.15) is 79.9 Å². The van der Waals surface area contributed by atoms with Crippen molar-refractivity contribution < 1.29 is 17.9 Å². The van der Waals surface area contributed by atoms with E-state index in [1.165, 1.54) is 12.1 Å². The van der Waals surface area contributed by atoms with Gasteiger partial charge in [0.2, 0.25) is 11.8 Å². The first-order valence-corrected chi connectivity index (χ1v) is 16.9. The van der Waals surface area contributed by atoms with Gasteiger partial charge in [-0.3, -0.25) is 4.79 Å². The van der Waals surface area contributed by atoms with Gasteiger partial charge in [-0.2, -0.15) is 4.98 Å². The van der Waals surface area contributed by atoms with Gasteiger partial charge in [-0.05, 0) is 93.0 Å². The Kier molecular flexibility index (Phi) is 7.52. The van der Waals surface area contributed by atoms with E-state index in [1.807, 2.05) is 43.9 Å². The first-order chi connectivity index (χ1) is 20.6. The summed E-state index contributed by atoms with van der Waals surface area (Å²) in [5.74, 6) is 0.0294. The number of rotatable bonds is 3. The highest BCUT2D eigenvalue weighted by molar-refractivity contribution is 7.92. The molecule has 2 aromatic carbocycles. The van der Waals surface area contributed by atoms with E-state index in [-0.39, 0.29) is 52.3 Å². The number of aromatic nitrogens is 2. The summed E-state index contributed by atoms with van der Waals surface area (Å²) in [5.41, 5.74) is 10.8. The Labute approximate surface area is 260 Å². The molecule has 9 nitrogen and oxygen atoms in total. The topological polar surface area (TPSA) is 128 Å². The van der Waals surface area contributed by atoms with Gasteiger partial charge < -0.3 is 15.4 Å². The number of hydrogen-bond acceptors (Lipinski definition) is 7. The molecule has 2 aliphatic carbocycles. The number of fused-ring (bicyclic) bond motifs is 4. The van der Waals surface area contributed by atoms with Crippen LogP contribution < -0.4 is 15.2 Å². The lowest BCUT2D eigenvalue weighted by atomic mass is 9.52. The van der Waals surface area contributed by atoms with Crippen molar-refractivity contribution in [2.45, 2.75) is 96.7 Å². The number of hydrogen-bond donors (Lipinski definition) is 2. The molecule has 234 valence electrons. The maximum atomic E-state index is 14.4. The molecular formula is C34H43N5O4S. The fourth-order valence-corrected chi connectivity index (χ4v) is 8.50. The highest BCUT2D eigenvalue weighted by atomic mass is 32.2. The molecule has 0 unspecified atom stereocenters. The first-order valence-electron chi connectivity index (χ1n) is 15.4. The van der Waals surface area contributed by atoms with E-state index in [2.05, 4.69) is 30.5 Å². The van der Waals surface area contributed by atoms with Crippen LogP contribution in [0.3, 0.4) is 0 Å². The Morgan fingerprint density at radius 1 is 1.02 bits per heavy atom. The molecule has 3 aromatic rings. The average molecular weight is 618 g/mol. The SMILES string of the molecule is Cc1cccc(C)c1-c1nc2nc(c1C)OC[C@@H](CC(C)(C)C)N(C1CC3(CC(N)C3)C1)C(=O)c1cccc(c1)S(=O)(=O)N2. The highest BCUT2D eigenvalue weighted by Crippen LogP contribution is 2.57. The molecule has 3 N–H and O–H groups in total. The number of aryl methyl sites for hydroxylation is 2. The van der Waals surface area contributed by atoms with Crippen LogP contribution in [-0.4, -0.2) is 53.9 Å². The minimum absolute atomic E-state index is 0.0155. The van der Waals surface area contributed by atoms with Crippen LogP contribution >= 0.6 is 0 Å². The molecule has 1 spiro atoms. The molecule has 1 aromatic heterocycles. The monoisotopic (exact) mass is 617 g/mol. The van der Waals surface area contributed by atoms with Crippen molar-refractivity contribution in [3.63, 3.8) is 0 Å². The lowest BCUT2D eigenvalue weighted by Crippen LogP contribution is -2.63. The van der Waals surface area contributed by atoms with Gasteiger partial charge in [0.25, 0.3) is 15.9 Å². The van der Waals surface area contributed by atoms with E-state index in [9.17, 15) is 13.2 Å². The molecule has 0 saturated heterocycles. The molecule has 6 rings (SSSR count). The lowest BCUT2D eigenvalue weighted by Gasteiger charge is -2.60. The Hall–Kier alpha value is -3.50. The molecule has 2 heterocycles. The summed E-state index contributed by atoms with van der Waals surface area (Å²) in [4.78, 5) is 25.6. The van der Waals surface area contributed by atoms with Crippen molar-refractivity contribution in [2.24, 2.45) is 16.6 Å². The molecule has 1 aliphatic heterocycles. The van der Waals surface area contributed by atoms with E-state index in [1.54, 1.807) is 12.1 Å². The van der Waals surface area contributed by atoms with Crippen molar-refractivity contribution in [3.05, 3.63) is 64.7 Å². The lowest BCUT2D eigenvalue weighted by molar-refractivity contribution is -0.0737. The summed E-state index contributed by atoms with van der Waals surface area (Å²) in [6, 6.07) is 12.2. The van der Waals surface area contributed by atoms with Crippen LogP contribution in [0.2, 0.25) is 0 Å². The number of nitrogens with two attached hydrogens (primary N) is 1. The minimum Gasteiger partial charge on any atom is -0.475 e. The average Bonchev–Trinajstić information content (AvgIpc) is 2.90. The second-order valence-corrected chi connectivity index (χ2v) is 16.1. The van der Waals surface area contributed by atoms with Crippen molar-refractivity contribution in [2.75, 3.05) is 11.3 Å². The number of anilines is 1. The van der Waals surface area contributed by atoms with E-state index in [0.717, 1.165) is 42.4 Å². The Morgan fingerprint density at radius 3 is 2.32 bits per heavy atom. The van der Waals surface area contributed by atoms with Gasteiger partial charge in [-0.15, -0.1) is 0 Å². The number of amides is 1. The molecular weight excluding hydrogens is 574 g/mol. The van der Waals surface area contributed by atoms with Crippen LogP contribution in [0.5, 0.6) is 5.88 Å². The number of carbonyl (C=O) groups is 1. The van der Waals surface area contributed by atoms with E-state index in [0.29, 0.717) is 29.1 Å². The highest BCUT2D eigenvalue weighted by Gasteiger charge is 2.55. The Bertz CT molecular complexity index is 1700. The predicted octanol–water partition coefficient (Wildman–Crippen LogP) is 5.78. The number of ether oxygens (including phenoxy) is 1. The van der Waals surface area contributed by atoms with Crippen LogP contribution in [0.4, 0.5) is 5.95 Å². The third-order valence-electron chi connectivity index (χ3n) is 9.45. The smallest absolute Gasteiger partial charge is 0.264 e. The number of benzene rings is 2. The van der Waals surface area contributed by atoms with Gasteiger partial charge >= 0.3 is 0 Å². The van der Waals surface area contributed by atoms with Crippen molar-refractivity contribution in [3.8, 4) is 17.1 Å². The van der Waals surface area contributed by atoms with Crippen LogP contribution in [0.15, 0.2) is 47.4 Å². The van der Waals surface area contributed by atoms with Gasteiger partial charge in [-0.25, -0.2) is 18.1 Å². The van der Waals surface area contributed by atoms with E-state index >= 15 is 0 Å². The Morgan fingerprint density at radius 2 is 1.68 bits per heavy atom. The summed E-state index contributed by atoms with van der Waals surface area (Å²) in [6.07, 6.45) is 4.43.